The van der Waals surface area contributed by atoms with Gasteiger partial charge in [-0.05, 0) is 37.3 Å². The molecule has 1 aliphatic rings. The second kappa shape index (κ2) is 9.31. The summed E-state index contributed by atoms with van der Waals surface area (Å²) in [6.07, 6.45) is 0. The number of aromatic nitrogens is 1. The van der Waals surface area contributed by atoms with Gasteiger partial charge in [-0.15, -0.1) is 0 Å². The number of nitrogens with one attached hydrogen (secondary N) is 1. The molecule has 0 atom stereocenters. The minimum absolute atomic E-state index is 0.0131. The number of ketones is 1. The van der Waals surface area contributed by atoms with E-state index in [1.807, 2.05) is 25.1 Å². The smallest absolute Gasteiger partial charge is 0.243 e. The first-order chi connectivity index (χ1) is 15.0. The Morgan fingerprint density at radius 3 is 2.81 bits per heavy atom. The molecule has 1 fully saturated rings. The summed E-state index contributed by atoms with van der Waals surface area (Å²) in [7, 11) is -3.65. The molecule has 1 aliphatic heterocycles. The number of morpholine rings is 1. The molecule has 3 aromatic rings. The molecule has 1 N–H and O–H groups in total. The average Bonchev–Trinajstić information content (AvgIpc) is 3.20. The van der Waals surface area contributed by atoms with Crippen molar-refractivity contribution in [3.63, 3.8) is 0 Å². The molecule has 0 unspecified atom stereocenters. The maximum Gasteiger partial charge on any atom is 0.243 e. The molecule has 0 bridgehead atoms. The fraction of sp³-hybridized carbons (Fsp3) is 0.333. The number of nitrogens with zero attached hydrogens (tertiary/aromatic N) is 2. The van der Waals surface area contributed by atoms with Crippen LogP contribution in [0.15, 0.2) is 47.4 Å². The third-order valence-electron chi connectivity index (χ3n) is 4.83. The zero-order valence-corrected chi connectivity index (χ0v) is 18.7. The lowest BCUT2D eigenvalue weighted by atomic mass is 10.1. The first kappa shape index (κ1) is 21.7. The monoisotopic (exact) mass is 461 g/mol. The number of carbonyl (C=O) groups is 1. The van der Waals surface area contributed by atoms with Crippen molar-refractivity contribution in [2.45, 2.75) is 11.8 Å². The van der Waals surface area contributed by atoms with Gasteiger partial charge in [-0.25, -0.2) is 13.4 Å². The number of thiazole rings is 1. The van der Waals surface area contributed by atoms with E-state index in [-0.39, 0.29) is 17.2 Å². The van der Waals surface area contributed by atoms with Crippen LogP contribution in [-0.2, 0) is 14.8 Å². The van der Waals surface area contributed by atoms with Crippen molar-refractivity contribution in [2.75, 3.05) is 44.8 Å². The van der Waals surface area contributed by atoms with Crippen LogP contribution >= 0.6 is 11.3 Å². The number of sulfonamides is 1. The molecule has 0 saturated carbocycles. The molecular weight excluding hydrogens is 438 g/mol. The molecule has 8 nitrogen and oxygen atoms in total. The Labute approximate surface area is 184 Å². The predicted molar refractivity (Wildman–Crippen MR) is 120 cm³/mol. The highest BCUT2D eigenvalue weighted by molar-refractivity contribution is 7.89. The molecule has 31 heavy (non-hydrogen) atoms. The predicted octanol–water partition coefficient (Wildman–Crippen LogP) is 3.01. The van der Waals surface area contributed by atoms with Crippen molar-refractivity contribution in [2.24, 2.45) is 0 Å². The number of carbonyl (C=O) groups excluding carboxylic acids is 1. The van der Waals surface area contributed by atoms with Crippen molar-refractivity contribution >= 4 is 42.5 Å². The summed E-state index contributed by atoms with van der Waals surface area (Å²) >= 11 is 1.43. The van der Waals surface area contributed by atoms with E-state index in [2.05, 4.69) is 10.3 Å². The third kappa shape index (κ3) is 4.87. The Kier molecular flexibility index (Phi) is 6.51. The lowest BCUT2D eigenvalue weighted by molar-refractivity contribution is 0.0730. The van der Waals surface area contributed by atoms with Gasteiger partial charge in [0.15, 0.2) is 10.9 Å². The summed E-state index contributed by atoms with van der Waals surface area (Å²) in [6.45, 7) is 3.89. The fourth-order valence-electron chi connectivity index (χ4n) is 3.26. The number of rotatable bonds is 8. The Morgan fingerprint density at radius 2 is 2.03 bits per heavy atom. The Morgan fingerprint density at radius 1 is 1.23 bits per heavy atom. The van der Waals surface area contributed by atoms with E-state index in [1.165, 1.54) is 27.8 Å². The molecule has 2 heterocycles. The first-order valence-corrected chi connectivity index (χ1v) is 12.2. The van der Waals surface area contributed by atoms with E-state index in [0.29, 0.717) is 43.6 Å². The molecule has 10 heteroatoms. The summed E-state index contributed by atoms with van der Waals surface area (Å²) in [5.41, 5.74) is 1.16. The standard InChI is InChI=1S/C21H23N3O5S2/c1-2-29-16-6-7-18-20(13-16)30-21(23-18)22-14-19(25)15-4-3-5-17(12-15)31(26,27)24-8-10-28-11-9-24/h3-7,12-13H,2,8-11,14H2,1H3,(H,22,23). The molecule has 1 saturated heterocycles. The van der Waals surface area contributed by atoms with Crippen LogP contribution in [0.5, 0.6) is 5.75 Å². The van der Waals surface area contributed by atoms with Gasteiger partial charge in [-0.2, -0.15) is 4.31 Å². The van der Waals surface area contributed by atoms with Crippen molar-refractivity contribution in [1.82, 2.24) is 9.29 Å². The van der Waals surface area contributed by atoms with Crippen LogP contribution in [0.3, 0.4) is 0 Å². The Hall–Kier alpha value is -2.53. The minimum atomic E-state index is -3.65. The highest BCUT2D eigenvalue weighted by atomic mass is 32.2. The van der Waals surface area contributed by atoms with Gasteiger partial charge in [-0.3, -0.25) is 4.79 Å². The third-order valence-corrected chi connectivity index (χ3v) is 7.71. The highest BCUT2D eigenvalue weighted by Crippen LogP contribution is 2.29. The number of hydrogen-bond donors (Lipinski definition) is 1. The van der Waals surface area contributed by atoms with Crippen LogP contribution in [0, 0.1) is 0 Å². The van der Waals surface area contributed by atoms with Crippen LogP contribution in [0.2, 0.25) is 0 Å². The minimum Gasteiger partial charge on any atom is -0.494 e. The second-order valence-electron chi connectivity index (χ2n) is 6.90. The summed E-state index contributed by atoms with van der Waals surface area (Å²) in [5.74, 6) is 0.563. The molecule has 164 valence electrons. The topological polar surface area (TPSA) is 97.8 Å². The lowest BCUT2D eigenvalue weighted by Gasteiger charge is -2.26. The number of fused-ring (bicyclic) bond motifs is 1. The van der Waals surface area contributed by atoms with Gasteiger partial charge in [0.05, 0.1) is 41.5 Å². The summed E-state index contributed by atoms with van der Waals surface area (Å²) in [6, 6.07) is 11.8. The van der Waals surface area contributed by atoms with Crippen molar-refractivity contribution < 1.29 is 22.7 Å². The molecule has 0 spiro atoms. The Bertz CT molecular complexity index is 1190. The quantitative estimate of drug-likeness (QED) is 0.515. The van der Waals surface area contributed by atoms with E-state index in [1.54, 1.807) is 12.1 Å². The van der Waals surface area contributed by atoms with Gasteiger partial charge < -0.3 is 14.8 Å². The van der Waals surface area contributed by atoms with Crippen molar-refractivity contribution in [1.29, 1.82) is 0 Å². The summed E-state index contributed by atoms with van der Waals surface area (Å²) in [4.78, 5) is 17.3. The first-order valence-electron chi connectivity index (χ1n) is 9.96. The largest absolute Gasteiger partial charge is 0.494 e. The molecule has 2 aromatic carbocycles. The lowest BCUT2D eigenvalue weighted by Crippen LogP contribution is -2.40. The number of hydrogen-bond acceptors (Lipinski definition) is 8. The Balaban J connectivity index is 1.45. The van der Waals surface area contributed by atoms with E-state index in [9.17, 15) is 13.2 Å². The zero-order chi connectivity index (χ0) is 21.8. The van der Waals surface area contributed by atoms with Gasteiger partial charge in [0.25, 0.3) is 0 Å². The SMILES string of the molecule is CCOc1ccc2nc(NCC(=O)c3cccc(S(=O)(=O)N4CCOCC4)c3)sc2c1. The van der Waals surface area contributed by atoms with Gasteiger partial charge in [0.1, 0.15) is 5.75 Å². The highest BCUT2D eigenvalue weighted by Gasteiger charge is 2.26. The normalized spacial score (nSPS) is 15.1. The molecule has 1 aromatic heterocycles. The van der Waals surface area contributed by atoms with Crippen LogP contribution in [0.1, 0.15) is 17.3 Å². The second-order valence-corrected chi connectivity index (χ2v) is 9.87. The number of benzene rings is 2. The molecule has 4 rings (SSSR count). The number of anilines is 1. The van der Waals surface area contributed by atoms with Gasteiger partial charge in [0.2, 0.25) is 10.0 Å². The van der Waals surface area contributed by atoms with Crippen molar-refractivity contribution in [3.05, 3.63) is 48.0 Å². The van der Waals surface area contributed by atoms with E-state index >= 15 is 0 Å². The van der Waals surface area contributed by atoms with Gasteiger partial charge in [-0.1, -0.05) is 23.5 Å². The molecule has 0 amide bonds. The zero-order valence-electron chi connectivity index (χ0n) is 17.0. The molecular formula is C21H23N3O5S2. The summed E-state index contributed by atoms with van der Waals surface area (Å²) < 4.78 is 38.8. The van der Waals surface area contributed by atoms with Crippen LogP contribution < -0.4 is 10.1 Å². The van der Waals surface area contributed by atoms with E-state index < -0.39 is 10.0 Å². The maximum atomic E-state index is 12.8. The van der Waals surface area contributed by atoms with Crippen LogP contribution in [0.4, 0.5) is 5.13 Å². The average molecular weight is 462 g/mol. The number of Topliss-reactive ketones (excluding diaryl/α,β-unsaturated/α-hetero) is 1. The summed E-state index contributed by atoms with van der Waals surface area (Å²) in [5, 5.41) is 3.67. The van der Waals surface area contributed by atoms with Gasteiger partial charge in [0, 0.05) is 18.7 Å². The molecule has 0 radical (unpaired) electrons. The number of ether oxygens (including phenoxy) is 2. The van der Waals surface area contributed by atoms with Crippen LogP contribution in [0.25, 0.3) is 10.2 Å². The van der Waals surface area contributed by atoms with Crippen molar-refractivity contribution in [3.8, 4) is 5.75 Å². The van der Waals surface area contributed by atoms with Gasteiger partial charge >= 0.3 is 0 Å². The van der Waals surface area contributed by atoms with E-state index in [0.717, 1.165) is 16.0 Å². The molecule has 0 aliphatic carbocycles. The fourth-order valence-corrected chi connectivity index (χ4v) is 5.61. The maximum absolute atomic E-state index is 12.8. The van der Waals surface area contributed by atoms with Crippen LogP contribution in [-0.4, -0.2) is 62.9 Å². The van der Waals surface area contributed by atoms with E-state index in [4.69, 9.17) is 9.47 Å².